The zero-order valence-corrected chi connectivity index (χ0v) is 45.4. The van der Waals surface area contributed by atoms with Gasteiger partial charge in [0, 0.05) is 18.7 Å². The van der Waals surface area contributed by atoms with Gasteiger partial charge < -0.3 is 42.5 Å². The van der Waals surface area contributed by atoms with E-state index in [1.54, 1.807) is 24.3 Å². The van der Waals surface area contributed by atoms with Gasteiger partial charge in [0.15, 0.2) is 28.0 Å². The van der Waals surface area contributed by atoms with Gasteiger partial charge in [-0.15, -0.1) is 0 Å². The van der Waals surface area contributed by atoms with Crippen molar-refractivity contribution in [1.29, 1.82) is 0 Å². The molecule has 2 N–H and O–H groups in total. The molecule has 0 spiro atoms. The number of nitrogens with zero attached hydrogens (tertiary/aromatic N) is 4. The number of hydrogen-bond donors (Lipinski definition) is 2. The summed E-state index contributed by atoms with van der Waals surface area (Å²) in [5.74, 6) is -3.86. The van der Waals surface area contributed by atoms with Crippen LogP contribution in [0.15, 0.2) is 57.8 Å². The first kappa shape index (κ1) is 55.9. The predicted octanol–water partition coefficient (Wildman–Crippen LogP) is 9.02. The summed E-state index contributed by atoms with van der Waals surface area (Å²) in [6, 6.07) is 7.19. The van der Waals surface area contributed by atoms with E-state index in [0.717, 1.165) is 17.4 Å². The number of carbonyl (C=O) groups is 6. The number of carbonyl (C=O) groups excluding carboxylic acids is 6. The highest BCUT2D eigenvalue weighted by Gasteiger charge is 2.47. The van der Waals surface area contributed by atoms with Crippen LogP contribution in [0.3, 0.4) is 0 Å². The van der Waals surface area contributed by atoms with E-state index >= 15 is 0 Å². The van der Waals surface area contributed by atoms with E-state index in [2.05, 4.69) is 109 Å². The molecule has 5 rings (SSSR count). The third-order valence-corrected chi connectivity index (χ3v) is 25.6. The minimum Gasteiger partial charge on any atom is -0.493 e. The molecule has 4 heterocycles. The van der Waals surface area contributed by atoms with E-state index in [0.29, 0.717) is 11.1 Å². The summed E-state index contributed by atoms with van der Waals surface area (Å²) in [4.78, 5) is 94.6. The van der Waals surface area contributed by atoms with Crippen LogP contribution >= 0.6 is 0 Å². The van der Waals surface area contributed by atoms with Crippen LogP contribution in [0.25, 0.3) is 0 Å². The molecule has 0 aliphatic carbocycles. The number of imide groups is 1. The monoisotopic (exact) mass is 1020 g/mol. The number of benzene rings is 1. The van der Waals surface area contributed by atoms with E-state index in [4.69, 9.17) is 31.9 Å². The van der Waals surface area contributed by atoms with E-state index in [-0.39, 0.29) is 106 Å². The molecule has 19 nitrogen and oxygen atoms in total. The number of aromatic nitrogens is 3. The highest BCUT2D eigenvalue weighted by molar-refractivity contribution is 6.78. The second kappa shape index (κ2) is 23.9. The Morgan fingerprint density at radius 3 is 1.32 bits per heavy atom. The van der Waals surface area contributed by atoms with E-state index in [1.165, 1.54) is 26.4 Å². The Bertz CT molecular complexity index is 2330. The molecular formula is C50H70N6O13Si2. The lowest BCUT2D eigenvalue weighted by Crippen LogP contribution is -2.49. The van der Waals surface area contributed by atoms with Crippen LogP contribution < -0.4 is 15.4 Å². The number of fused-ring (bicyclic) bond motifs is 1. The Kier molecular flexibility index (Phi) is 18.8. The molecule has 2 unspecified atom stereocenters. The molecule has 71 heavy (non-hydrogen) atoms. The van der Waals surface area contributed by atoms with Crippen LogP contribution in [0, 0.1) is 0 Å². The average molecular weight is 1020 g/mol. The van der Waals surface area contributed by atoms with Crippen molar-refractivity contribution in [1.82, 2.24) is 30.5 Å². The maximum absolute atomic E-state index is 14.6. The molecule has 21 heteroatoms. The summed E-state index contributed by atoms with van der Waals surface area (Å²) in [6.45, 7) is 25.3. The molecule has 0 radical (unpaired) electrons. The Balaban J connectivity index is 1.52. The minimum absolute atomic E-state index is 0.0274. The van der Waals surface area contributed by atoms with E-state index in [9.17, 15) is 28.8 Å². The fourth-order valence-electron chi connectivity index (χ4n) is 10.2. The normalized spacial score (nSPS) is 13.9. The summed E-state index contributed by atoms with van der Waals surface area (Å²) in [5, 5.41) is 5.83. The van der Waals surface area contributed by atoms with Gasteiger partial charge in [0.2, 0.25) is 11.8 Å². The lowest BCUT2D eigenvalue weighted by molar-refractivity contribution is 0.0585. The molecule has 4 aromatic rings. The number of ether oxygens (including phenoxy) is 3. The van der Waals surface area contributed by atoms with Crippen LogP contribution in [0.4, 0.5) is 0 Å². The highest BCUT2D eigenvalue weighted by Crippen LogP contribution is 2.44. The second-order valence-electron chi connectivity index (χ2n) is 19.5. The number of esters is 2. The van der Waals surface area contributed by atoms with Crippen molar-refractivity contribution in [3.8, 4) is 5.75 Å². The molecule has 0 saturated heterocycles. The summed E-state index contributed by atoms with van der Waals surface area (Å²) >= 11 is 0. The summed E-state index contributed by atoms with van der Waals surface area (Å²) in [5.41, 5.74) is 0.991. The molecule has 4 amide bonds. The Morgan fingerprint density at radius 2 is 0.972 bits per heavy atom. The molecule has 1 aromatic carbocycles. The number of methoxy groups -OCH3 is 2. The molecule has 1 aliphatic heterocycles. The van der Waals surface area contributed by atoms with Crippen molar-refractivity contribution in [2.75, 3.05) is 40.6 Å². The first-order valence-corrected chi connectivity index (χ1v) is 28.4. The van der Waals surface area contributed by atoms with E-state index in [1.807, 2.05) is 0 Å². The largest absolute Gasteiger partial charge is 0.493 e. The summed E-state index contributed by atoms with van der Waals surface area (Å²) in [7, 11) is -2.67. The van der Waals surface area contributed by atoms with Gasteiger partial charge in [-0.05, 0) is 51.8 Å². The third-order valence-electron chi connectivity index (χ3n) is 13.4. The minimum atomic E-state index is -2.55. The molecule has 0 fully saturated rings. The Hall–Kier alpha value is -6.04. The van der Waals surface area contributed by atoms with Gasteiger partial charge in [0.25, 0.3) is 23.6 Å². The number of hydrogen-bond acceptors (Lipinski definition) is 16. The van der Waals surface area contributed by atoms with Crippen LogP contribution in [0.2, 0.25) is 33.2 Å². The maximum atomic E-state index is 14.6. The lowest BCUT2D eigenvalue weighted by Gasteiger charge is -2.42. The SMILES string of the molecule is COC(=O)c1coc(C(CO[Si](C(C)C)(C(C)C)C(C)C)NC(=O)c2cc(OCCCN3C(=O)c4ccccc4C3=O)cc(C(=O)NC(CO[Si](C(C)C)(C(C)C)C(C)C)c3nc(C(=O)OC)co3)n2)n1. The zero-order valence-electron chi connectivity index (χ0n) is 43.4. The van der Waals surface area contributed by atoms with Crippen LogP contribution in [0.5, 0.6) is 5.75 Å². The molecule has 3 aromatic heterocycles. The molecular weight excluding hydrogens is 949 g/mol. The lowest BCUT2D eigenvalue weighted by atomic mass is 10.1. The van der Waals surface area contributed by atoms with Crippen molar-refractivity contribution in [2.24, 2.45) is 0 Å². The average Bonchev–Trinajstić information content (AvgIpc) is 4.08. The number of rotatable bonds is 25. The molecule has 0 bridgehead atoms. The van der Waals surface area contributed by atoms with Crippen molar-refractivity contribution in [2.45, 2.75) is 135 Å². The molecule has 2 atom stereocenters. The van der Waals surface area contributed by atoms with Gasteiger partial charge >= 0.3 is 11.9 Å². The molecule has 386 valence electrons. The molecule has 0 saturated carbocycles. The summed E-state index contributed by atoms with van der Waals surface area (Å²) < 4.78 is 41.2. The highest BCUT2D eigenvalue weighted by atomic mass is 28.4. The predicted molar refractivity (Wildman–Crippen MR) is 266 cm³/mol. The van der Waals surface area contributed by atoms with Gasteiger partial charge in [-0.1, -0.05) is 95.2 Å². The second-order valence-corrected chi connectivity index (χ2v) is 30.4. The van der Waals surface area contributed by atoms with Crippen molar-refractivity contribution in [3.63, 3.8) is 0 Å². The Morgan fingerprint density at radius 1 is 0.592 bits per heavy atom. The van der Waals surface area contributed by atoms with Crippen molar-refractivity contribution < 1.29 is 60.7 Å². The molecule has 1 aliphatic rings. The van der Waals surface area contributed by atoms with Crippen molar-refractivity contribution >= 4 is 52.2 Å². The number of nitrogens with one attached hydrogen (secondary N) is 2. The van der Waals surface area contributed by atoms with Crippen LogP contribution in [-0.4, -0.2) is 113 Å². The topological polar surface area (TPSA) is 241 Å². The van der Waals surface area contributed by atoms with Gasteiger partial charge in [0.05, 0.1) is 45.2 Å². The maximum Gasteiger partial charge on any atom is 0.360 e. The first-order chi connectivity index (χ1) is 33.5. The fourth-order valence-corrected chi connectivity index (χ4v) is 21.1. The van der Waals surface area contributed by atoms with E-state index < -0.39 is 64.3 Å². The smallest absolute Gasteiger partial charge is 0.360 e. The zero-order chi connectivity index (χ0) is 52.5. The van der Waals surface area contributed by atoms with Gasteiger partial charge in [-0.25, -0.2) is 24.5 Å². The first-order valence-electron chi connectivity index (χ1n) is 24.1. The van der Waals surface area contributed by atoms with Gasteiger partial charge in [0.1, 0.15) is 41.7 Å². The van der Waals surface area contributed by atoms with Crippen LogP contribution in [-0.2, 0) is 18.3 Å². The number of amides is 4. The summed E-state index contributed by atoms with van der Waals surface area (Å²) in [6.07, 6.45) is 2.47. The third kappa shape index (κ3) is 12.2. The van der Waals surface area contributed by atoms with Crippen molar-refractivity contribution in [3.05, 3.63) is 94.6 Å². The quantitative estimate of drug-likeness (QED) is 0.0272. The van der Waals surface area contributed by atoms with Gasteiger partial charge in [-0.2, -0.15) is 0 Å². The van der Waals surface area contributed by atoms with Gasteiger partial charge in [-0.3, -0.25) is 24.1 Å². The van der Waals surface area contributed by atoms with Crippen LogP contribution in [0.1, 0.15) is 176 Å². The number of pyridine rings is 1. The standard InChI is InChI=1S/C50H70N6O13Si2/c1-28(2)70(29(3)4,30(5)6)68-26-39(45-54-41(24-66-45)49(61)63-13)52-43(57)37-22-34(65-21-17-20-56-47(59)35-18-15-16-19-36(35)48(56)60)23-38(51-37)44(58)53-40(46-55-42(25-67-46)50(62)64-14)27-69-71(31(7)8,32(9)10)33(11)12/h15-16,18-19,22-25,28-33,39-40H,17,20-21,26-27H2,1-14H3,(H,52,57)(H,53,58). The number of oxazole rings is 2. The fraction of sp³-hybridized carbons (Fsp3) is 0.540. The Labute approximate surface area is 417 Å².